The number of halogens is 3. The lowest BCUT2D eigenvalue weighted by atomic mass is 10.1. The quantitative estimate of drug-likeness (QED) is 0.604. The van der Waals surface area contributed by atoms with Gasteiger partial charge in [0.2, 0.25) is 0 Å². The summed E-state index contributed by atoms with van der Waals surface area (Å²) in [4.78, 5) is 0. The molecule has 1 aromatic rings. The summed E-state index contributed by atoms with van der Waals surface area (Å²) in [5.41, 5.74) is 7.26. The van der Waals surface area contributed by atoms with E-state index in [0.717, 1.165) is 5.56 Å². The Labute approximate surface area is 92.6 Å². The number of rotatable bonds is 5. The topological polar surface area (TPSA) is 38.0 Å². The second kappa shape index (κ2) is 5.75. The van der Waals surface area contributed by atoms with Gasteiger partial charge in [0.1, 0.15) is 0 Å². The summed E-state index contributed by atoms with van der Waals surface area (Å²) in [5, 5.41) is 2.75. The van der Waals surface area contributed by atoms with E-state index in [1.807, 2.05) is 12.1 Å². The highest BCUT2D eigenvalue weighted by atomic mass is 19.4. The largest absolute Gasteiger partial charge is 0.399 e. The number of anilines is 1. The third kappa shape index (κ3) is 5.60. The van der Waals surface area contributed by atoms with Gasteiger partial charge in [-0.3, -0.25) is 0 Å². The third-order valence-corrected chi connectivity index (χ3v) is 2.16. The second-order valence-electron chi connectivity index (χ2n) is 3.61. The maximum atomic E-state index is 11.8. The first-order valence-corrected chi connectivity index (χ1v) is 5.09. The summed E-state index contributed by atoms with van der Waals surface area (Å²) in [6, 6.07) is 7.32. The van der Waals surface area contributed by atoms with Crippen LogP contribution in [-0.2, 0) is 6.42 Å². The third-order valence-electron chi connectivity index (χ3n) is 2.16. The van der Waals surface area contributed by atoms with Gasteiger partial charge < -0.3 is 11.1 Å². The average molecular weight is 232 g/mol. The molecule has 0 aromatic heterocycles. The Morgan fingerprint density at radius 2 is 1.69 bits per heavy atom. The number of nitrogen functional groups attached to an aromatic ring is 1. The van der Waals surface area contributed by atoms with E-state index in [9.17, 15) is 13.2 Å². The van der Waals surface area contributed by atoms with Crippen molar-refractivity contribution in [3.05, 3.63) is 29.8 Å². The first kappa shape index (κ1) is 12.8. The molecule has 0 aliphatic rings. The van der Waals surface area contributed by atoms with E-state index in [1.54, 1.807) is 12.1 Å². The van der Waals surface area contributed by atoms with Crippen LogP contribution in [0.3, 0.4) is 0 Å². The van der Waals surface area contributed by atoms with Crippen molar-refractivity contribution in [3.63, 3.8) is 0 Å². The van der Waals surface area contributed by atoms with Crippen molar-refractivity contribution in [2.24, 2.45) is 0 Å². The molecule has 1 rings (SSSR count). The molecule has 0 spiro atoms. The SMILES string of the molecule is Nc1ccc(CCNCCC(F)(F)F)cc1. The molecule has 0 aliphatic heterocycles. The van der Waals surface area contributed by atoms with Gasteiger partial charge in [0.25, 0.3) is 0 Å². The van der Waals surface area contributed by atoms with Crippen molar-refractivity contribution < 1.29 is 13.2 Å². The summed E-state index contributed by atoms with van der Waals surface area (Å²) in [6.45, 7) is 0.512. The Morgan fingerprint density at radius 3 is 2.25 bits per heavy atom. The van der Waals surface area contributed by atoms with Crippen LogP contribution >= 0.6 is 0 Å². The van der Waals surface area contributed by atoms with E-state index in [1.165, 1.54) is 0 Å². The van der Waals surface area contributed by atoms with Gasteiger partial charge in [0.15, 0.2) is 0 Å². The van der Waals surface area contributed by atoms with E-state index >= 15 is 0 Å². The number of alkyl halides is 3. The molecule has 0 fully saturated rings. The van der Waals surface area contributed by atoms with E-state index in [4.69, 9.17) is 5.73 Å². The highest BCUT2D eigenvalue weighted by Crippen LogP contribution is 2.18. The molecule has 0 heterocycles. The van der Waals surface area contributed by atoms with Crippen molar-refractivity contribution in [1.29, 1.82) is 0 Å². The molecule has 2 nitrogen and oxygen atoms in total. The fourth-order valence-corrected chi connectivity index (χ4v) is 1.27. The summed E-state index contributed by atoms with van der Waals surface area (Å²) < 4.78 is 35.4. The van der Waals surface area contributed by atoms with Crippen LogP contribution in [0.2, 0.25) is 0 Å². The molecule has 0 saturated heterocycles. The molecule has 0 bridgehead atoms. The van der Waals surface area contributed by atoms with E-state index in [-0.39, 0.29) is 6.54 Å². The zero-order valence-corrected chi connectivity index (χ0v) is 8.85. The minimum atomic E-state index is -4.08. The Bertz CT molecular complexity index is 306. The second-order valence-corrected chi connectivity index (χ2v) is 3.61. The van der Waals surface area contributed by atoms with Gasteiger partial charge in [0.05, 0.1) is 6.42 Å². The van der Waals surface area contributed by atoms with Crippen molar-refractivity contribution in [1.82, 2.24) is 5.32 Å². The Morgan fingerprint density at radius 1 is 1.06 bits per heavy atom. The lowest BCUT2D eigenvalue weighted by Crippen LogP contribution is -2.23. The lowest BCUT2D eigenvalue weighted by molar-refractivity contribution is -0.133. The number of benzene rings is 1. The molecule has 0 unspecified atom stereocenters. The first-order valence-electron chi connectivity index (χ1n) is 5.09. The molecule has 16 heavy (non-hydrogen) atoms. The number of nitrogens with two attached hydrogens (primary N) is 1. The number of nitrogens with one attached hydrogen (secondary N) is 1. The molecule has 90 valence electrons. The van der Waals surface area contributed by atoms with Crippen LogP contribution in [0.4, 0.5) is 18.9 Å². The monoisotopic (exact) mass is 232 g/mol. The summed E-state index contributed by atoms with van der Waals surface area (Å²) in [7, 11) is 0. The normalized spacial score (nSPS) is 11.7. The molecule has 0 atom stereocenters. The van der Waals surface area contributed by atoms with Crippen LogP contribution in [0.5, 0.6) is 0 Å². The number of hydrogen-bond acceptors (Lipinski definition) is 2. The molecule has 3 N–H and O–H groups in total. The van der Waals surface area contributed by atoms with Gasteiger partial charge in [0, 0.05) is 12.2 Å². The Balaban J connectivity index is 2.14. The van der Waals surface area contributed by atoms with Gasteiger partial charge in [-0.15, -0.1) is 0 Å². The molecule has 0 saturated carbocycles. The Kier molecular flexibility index (Phi) is 4.61. The van der Waals surface area contributed by atoms with Crippen molar-refractivity contribution >= 4 is 5.69 Å². The fourth-order valence-electron chi connectivity index (χ4n) is 1.27. The van der Waals surface area contributed by atoms with E-state index in [2.05, 4.69) is 5.32 Å². The highest BCUT2D eigenvalue weighted by Gasteiger charge is 2.25. The summed E-state index contributed by atoms with van der Waals surface area (Å²) in [6.07, 6.45) is -4.15. The molecule has 1 aromatic carbocycles. The van der Waals surface area contributed by atoms with Crippen LogP contribution in [0.25, 0.3) is 0 Å². The minimum Gasteiger partial charge on any atom is -0.399 e. The van der Waals surface area contributed by atoms with Crippen molar-refractivity contribution in [2.75, 3.05) is 18.8 Å². The number of hydrogen-bond donors (Lipinski definition) is 2. The summed E-state index contributed by atoms with van der Waals surface area (Å²) in [5.74, 6) is 0. The van der Waals surface area contributed by atoms with Gasteiger partial charge in [-0.1, -0.05) is 12.1 Å². The minimum absolute atomic E-state index is 0.0293. The molecular weight excluding hydrogens is 217 g/mol. The van der Waals surface area contributed by atoms with Gasteiger partial charge in [-0.25, -0.2) is 0 Å². The smallest absolute Gasteiger partial charge is 0.390 e. The van der Waals surface area contributed by atoms with E-state index < -0.39 is 12.6 Å². The predicted molar refractivity (Wildman–Crippen MR) is 58.1 cm³/mol. The first-order chi connectivity index (χ1) is 7.47. The molecule has 0 aliphatic carbocycles. The van der Waals surface area contributed by atoms with Gasteiger partial charge in [-0.2, -0.15) is 13.2 Å². The molecule has 0 radical (unpaired) electrons. The van der Waals surface area contributed by atoms with Crippen LogP contribution in [-0.4, -0.2) is 19.3 Å². The average Bonchev–Trinajstić information content (AvgIpc) is 2.19. The van der Waals surface area contributed by atoms with Gasteiger partial charge in [-0.05, 0) is 30.7 Å². The van der Waals surface area contributed by atoms with Crippen LogP contribution in [0.15, 0.2) is 24.3 Å². The van der Waals surface area contributed by atoms with E-state index in [0.29, 0.717) is 18.7 Å². The van der Waals surface area contributed by atoms with Crippen LogP contribution < -0.4 is 11.1 Å². The highest BCUT2D eigenvalue weighted by molar-refractivity contribution is 5.39. The Hall–Kier alpha value is -1.23. The standard InChI is InChI=1S/C11H15F3N2/c12-11(13,14)6-8-16-7-5-9-1-3-10(15)4-2-9/h1-4,16H,5-8,15H2. The van der Waals surface area contributed by atoms with Crippen LogP contribution in [0.1, 0.15) is 12.0 Å². The maximum Gasteiger partial charge on any atom is 0.390 e. The molecule has 0 amide bonds. The zero-order valence-electron chi connectivity index (χ0n) is 8.85. The van der Waals surface area contributed by atoms with Crippen molar-refractivity contribution in [2.45, 2.75) is 19.0 Å². The van der Waals surface area contributed by atoms with Crippen LogP contribution in [0, 0.1) is 0 Å². The lowest BCUT2D eigenvalue weighted by Gasteiger charge is -2.07. The zero-order chi connectivity index (χ0) is 12.0. The van der Waals surface area contributed by atoms with Gasteiger partial charge >= 0.3 is 6.18 Å². The maximum absolute atomic E-state index is 11.8. The molecule has 5 heteroatoms. The molecular formula is C11H15F3N2. The predicted octanol–water partition coefficient (Wildman–Crippen LogP) is 2.35. The fraction of sp³-hybridized carbons (Fsp3) is 0.455. The summed E-state index contributed by atoms with van der Waals surface area (Å²) >= 11 is 0. The van der Waals surface area contributed by atoms with Crippen molar-refractivity contribution in [3.8, 4) is 0 Å².